The standard InChI is InChI=1S/C24H30BrNO7S/c1-23(2,3)32-21(27)15-26(16-22(28)33-24(4,5)6)34(29,30)20-13-11-19(12-14-20)31-18-9-7-17(25)8-10-18/h7-14H,15-16H2,1-6H3. The molecule has 8 nitrogen and oxygen atoms in total. The number of nitrogens with zero attached hydrogens (tertiary/aromatic N) is 1. The number of rotatable bonds is 8. The van der Waals surface area contributed by atoms with Crippen molar-refractivity contribution in [3.05, 3.63) is 53.0 Å². The summed E-state index contributed by atoms with van der Waals surface area (Å²) >= 11 is 3.35. The van der Waals surface area contributed by atoms with Gasteiger partial charge in [-0.2, -0.15) is 4.31 Å². The summed E-state index contributed by atoms with van der Waals surface area (Å²) in [5, 5.41) is 0. The van der Waals surface area contributed by atoms with E-state index in [4.69, 9.17) is 14.2 Å². The molecule has 0 spiro atoms. The van der Waals surface area contributed by atoms with E-state index in [2.05, 4.69) is 15.9 Å². The normalized spacial score (nSPS) is 12.4. The van der Waals surface area contributed by atoms with Crippen LogP contribution in [0.3, 0.4) is 0 Å². The highest BCUT2D eigenvalue weighted by Crippen LogP contribution is 2.26. The Labute approximate surface area is 209 Å². The van der Waals surface area contributed by atoms with Gasteiger partial charge in [0.25, 0.3) is 0 Å². The van der Waals surface area contributed by atoms with Gasteiger partial charge in [-0.05, 0) is 90.1 Å². The molecule has 0 radical (unpaired) electrons. The van der Waals surface area contributed by atoms with Crippen molar-refractivity contribution in [3.8, 4) is 11.5 Å². The van der Waals surface area contributed by atoms with Crippen LogP contribution >= 0.6 is 15.9 Å². The minimum absolute atomic E-state index is 0.109. The van der Waals surface area contributed by atoms with Crippen molar-refractivity contribution in [2.75, 3.05) is 13.1 Å². The van der Waals surface area contributed by atoms with E-state index < -0.39 is 46.3 Å². The number of ether oxygens (including phenoxy) is 3. The first kappa shape index (κ1) is 27.8. The zero-order chi connectivity index (χ0) is 25.7. The van der Waals surface area contributed by atoms with Gasteiger partial charge < -0.3 is 14.2 Å². The lowest BCUT2D eigenvalue weighted by molar-refractivity contribution is -0.157. The van der Waals surface area contributed by atoms with Gasteiger partial charge in [0.05, 0.1) is 4.90 Å². The Morgan fingerprint density at radius 3 is 1.53 bits per heavy atom. The number of hydrogen-bond acceptors (Lipinski definition) is 7. The van der Waals surface area contributed by atoms with Crippen molar-refractivity contribution in [3.63, 3.8) is 0 Å². The molecule has 0 bridgehead atoms. The summed E-state index contributed by atoms with van der Waals surface area (Å²) in [4.78, 5) is 24.7. The van der Waals surface area contributed by atoms with E-state index in [0.717, 1.165) is 8.78 Å². The molecule has 0 amide bonds. The maximum absolute atomic E-state index is 13.3. The van der Waals surface area contributed by atoms with Gasteiger partial charge in [-0.1, -0.05) is 15.9 Å². The summed E-state index contributed by atoms with van der Waals surface area (Å²) in [7, 11) is -4.23. The van der Waals surface area contributed by atoms with Crippen LogP contribution in [0.25, 0.3) is 0 Å². The second-order valence-corrected chi connectivity index (χ2v) is 12.3. The van der Waals surface area contributed by atoms with Crippen LogP contribution in [-0.4, -0.2) is 49.0 Å². The summed E-state index contributed by atoms with van der Waals surface area (Å²) in [5.41, 5.74) is -1.63. The molecule has 186 valence electrons. The fourth-order valence-electron chi connectivity index (χ4n) is 2.73. The zero-order valence-electron chi connectivity index (χ0n) is 20.1. The topological polar surface area (TPSA) is 99.2 Å². The van der Waals surface area contributed by atoms with E-state index in [0.29, 0.717) is 11.5 Å². The smallest absolute Gasteiger partial charge is 0.321 e. The Balaban J connectivity index is 2.26. The molecule has 10 heteroatoms. The molecule has 0 aliphatic carbocycles. The third-order valence-corrected chi connectivity index (χ3v) is 6.30. The number of carbonyl (C=O) groups is 2. The molecule has 2 aromatic rings. The lowest BCUT2D eigenvalue weighted by Gasteiger charge is -2.26. The van der Waals surface area contributed by atoms with Crippen molar-refractivity contribution in [2.45, 2.75) is 57.6 Å². The molecule has 0 atom stereocenters. The van der Waals surface area contributed by atoms with Crippen molar-refractivity contribution in [1.82, 2.24) is 4.31 Å². The Morgan fingerprint density at radius 2 is 1.15 bits per heavy atom. The fraction of sp³-hybridized carbons (Fsp3) is 0.417. The van der Waals surface area contributed by atoms with Crippen LogP contribution in [0.5, 0.6) is 11.5 Å². The highest BCUT2D eigenvalue weighted by Gasteiger charge is 2.32. The van der Waals surface area contributed by atoms with Crippen LogP contribution < -0.4 is 4.74 Å². The predicted octanol–water partition coefficient (Wildman–Crippen LogP) is 4.92. The van der Waals surface area contributed by atoms with Gasteiger partial charge in [-0.15, -0.1) is 0 Å². The van der Waals surface area contributed by atoms with Crippen molar-refractivity contribution < 1.29 is 32.2 Å². The predicted molar refractivity (Wildman–Crippen MR) is 131 cm³/mol. The number of hydrogen-bond donors (Lipinski definition) is 0. The van der Waals surface area contributed by atoms with E-state index in [9.17, 15) is 18.0 Å². The Hall–Kier alpha value is -2.43. The van der Waals surface area contributed by atoms with Gasteiger partial charge in [0.15, 0.2) is 0 Å². The molecule has 0 heterocycles. The average molecular weight is 556 g/mol. The summed E-state index contributed by atoms with van der Waals surface area (Å²) < 4.78 is 44.5. The van der Waals surface area contributed by atoms with Crippen LogP contribution in [0.2, 0.25) is 0 Å². The molecule has 0 aromatic heterocycles. The summed E-state index contributed by atoms with van der Waals surface area (Å²) in [6.07, 6.45) is 0. The van der Waals surface area contributed by atoms with Gasteiger partial charge in [-0.25, -0.2) is 8.42 Å². The number of esters is 2. The van der Waals surface area contributed by atoms with E-state index in [1.165, 1.54) is 24.3 Å². The highest BCUT2D eigenvalue weighted by atomic mass is 79.9. The second kappa shape index (κ2) is 10.9. The Morgan fingerprint density at radius 1 is 0.765 bits per heavy atom. The van der Waals surface area contributed by atoms with Gasteiger partial charge in [0, 0.05) is 4.47 Å². The first-order valence-corrected chi connectivity index (χ1v) is 12.8. The third kappa shape index (κ3) is 9.08. The van der Waals surface area contributed by atoms with Crippen LogP contribution in [0.1, 0.15) is 41.5 Å². The maximum atomic E-state index is 13.3. The monoisotopic (exact) mass is 555 g/mol. The van der Waals surface area contributed by atoms with Crippen molar-refractivity contribution >= 4 is 37.9 Å². The Kier molecular flexibility index (Phi) is 8.90. The molecule has 0 N–H and O–H groups in total. The number of benzene rings is 2. The molecule has 0 saturated heterocycles. The Bertz CT molecular complexity index is 1070. The largest absolute Gasteiger partial charge is 0.459 e. The van der Waals surface area contributed by atoms with E-state index in [-0.39, 0.29) is 4.90 Å². The molecule has 0 unspecified atom stereocenters. The third-order valence-electron chi connectivity index (χ3n) is 3.96. The fourth-order valence-corrected chi connectivity index (χ4v) is 4.32. The number of halogens is 1. The molecule has 0 aliphatic rings. The molecule has 34 heavy (non-hydrogen) atoms. The summed E-state index contributed by atoms with van der Waals surface area (Å²) in [6.45, 7) is 8.72. The van der Waals surface area contributed by atoms with E-state index in [1.807, 2.05) is 12.1 Å². The number of sulfonamides is 1. The van der Waals surface area contributed by atoms with E-state index in [1.54, 1.807) is 53.7 Å². The quantitative estimate of drug-likeness (QED) is 0.426. The first-order chi connectivity index (χ1) is 15.5. The van der Waals surface area contributed by atoms with Gasteiger partial charge >= 0.3 is 11.9 Å². The average Bonchev–Trinajstić information content (AvgIpc) is 2.67. The maximum Gasteiger partial charge on any atom is 0.321 e. The van der Waals surface area contributed by atoms with Gasteiger partial charge in [0.2, 0.25) is 10.0 Å². The van der Waals surface area contributed by atoms with Crippen LogP contribution in [0, 0.1) is 0 Å². The van der Waals surface area contributed by atoms with Crippen LogP contribution in [-0.2, 0) is 29.1 Å². The van der Waals surface area contributed by atoms with Gasteiger partial charge in [-0.3, -0.25) is 9.59 Å². The molecule has 2 rings (SSSR count). The second-order valence-electron chi connectivity index (χ2n) is 9.47. The summed E-state index contributed by atoms with van der Waals surface area (Å²) in [5.74, 6) is -0.563. The van der Waals surface area contributed by atoms with Crippen molar-refractivity contribution in [1.29, 1.82) is 0 Å². The lowest BCUT2D eigenvalue weighted by Crippen LogP contribution is -2.43. The first-order valence-electron chi connectivity index (χ1n) is 10.5. The molecule has 0 fully saturated rings. The lowest BCUT2D eigenvalue weighted by atomic mass is 10.2. The molecular weight excluding hydrogens is 526 g/mol. The van der Waals surface area contributed by atoms with Gasteiger partial charge in [0.1, 0.15) is 35.8 Å². The van der Waals surface area contributed by atoms with Crippen molar-refractivity contribution in [2.24, 2.45) is 0 Å². The number of carbonyl (C=O) groups excluding carboxylic acids is 2. The summed E-state index contributed by atoms with van der Waals surface area (Å²) in [6, 6.07) is 12.8. The minimum atomic E-state index is -4.23. The molecule has 0 saturated carbocycles. The van der Waals surface area contributed by atoms with Crippen LogP contribution in [0.15, 0.2) is 57.9 Å². The van der Waals surface area contributed by atoms with Crippen LogP contribution in [0.4, 0.5) is 0 Å². The van der Waals surface area contributed by atoms with E-state index >= 15 is 0 Å². The SMILES string of the molecule is CC(C)(C)OC(=O)CN(CC(=O)OC(C)(C)C)S(=O)(=O)c1ccc(Oc2ccc(Br)cc2)cc1. The molecular formula is C24H30BrNO7S. The zero-order valence-corrected chi connectivity index (χ0v) is 22.5. The highest BCUT2D eigenvalue weighted by molar-refractivity contribution is 9.10. The minimum Gasteiger partial charge on any atom is -0.459 e. The molecule has 0 aliphatic heterocycles. The molecule has 2 aromatic carbocycles.